The number of fused-ring (bicyclic) bond motifs is 1. The fourth-order valence-corrected chi connectivity index (χ4v) is 3.89. The van der Waals surface area contributed by atoms with Crippen LogP contribution in [0, 0.1) is 0 Å². The van der Waals surface area contributed by atoms with Gasteiger partial charge in [-0.05, 0) is 44.5 Å². The molecule has 0 radical (unpaired) electrons. The minimum absolute atomic E-state index is 0.106. The van der Waals surface area contributed by atoms with Gasteiger partial charge in [-0.15, -0.1) is 0 Å². The summed E-state index contributed by atoms with van der Waals surface area (Å²) in [6, 6.07) is 6.88. The zero-order valence-corrected chi connectivity index (χ0v) is 15.4. The smallest absolute Gasteiger partial charge is 0.123 e. The lowest BCUT2D eigenvalue weighted by Crippen LogP contribution is -2.39. The van der Waals surface area contributed by atoms with E-state index in [0.29, 0.717) is 6.04 Å². The molecule has 25 heavy (non-hydrogen) atoms. The predicted octanol–water partition coefficient (Wildman–Crippen LogP) is 3.16. The average molecular weight is 341 g/mol. The molecule has 5 heteroatoms. The molecule has 134 valence electrons. The zero-order valence-electron chi connectivity index (χ0n) is 15.4. The van der Waals surface area contributed by atoms with Gasteiger partial charge in [-0.25, -0.2) is 4.98 Å². The number of morpholine rings is 1. The van der Waals surface area contributed by atoms with Crippen LogP contribution >= 0.6 is 0 Å². The Morgan fingerprint density at radius 1 is 1.24 bits per heavy atom. The van der Waals surface area contributed by atoms with Gasteiger partial charge in [0.25, 0.3) is 0 Å². The van der Waals surface area contributed by atoms with Gasteiger partial charge in [0.1, 0.15) is 11.4 Å². The molecular formula is C20H27N3O2. The number of hydrogen-bond donors (Lipinski definition) is 0. The molecule has 0 amide bonds. The van der Waals surface area contributed by atoms with Crippen molar-refractivity contribution in [3.63, 3.8) is 0 Å². The summed E-state index contributed by atoms with van der Waals surface area (Å²) in [4.78, 5) is 6.89. The first-order valence-electron chi connectivity index (χ1n) is 9.16. The molecule has 0 N–H and O–H groups in total. The molecule has 1 aromatic heterocycles. The Hall–Kier alpha value is -1.85. The summed E-state index contributed by atoms with van der Waals surface area (Å²) in [5, 5.41) is 0. The molecule has 2 aromatic rings. The lowest BCUT2D eigenvalue weighted by molar-refractivity contribution is 0.0326. The zero-order chi connectivity index (χ0) is 17.4. The van der Waals surface area contributed by atoms with Crippen LogP contribution in [-0.4, -0.2) is 52.9 Å². The van der Waals surface area contributed by atoms with Gasteiger partial charge in [0.2, 0.25) is 0 Å². The third-order valence-electron chi connectivity index (χ3n) is 5.13. The molecule has 0 bridgehead atoms. The Morgan fingerprint density at radius 2 is 2.04 bits per heavy atom. The second kappa shape index (κ2) is 6.46. The molecule has 1 saturated heterocycles. The summed E-state index contributed by atoms with van der Waals surface area (Å²) in [5.41, 5.74) is 3.57. The van der Waals surface area contributed by atoms with Crippen molar-refractivity contribution >= 4 is 0 Å². The van der Waals surface area contributed by atoms with Crippen molar-refractivity contribution in [2.45, 2.75) is 38.8 Å². The van der Waals surface area contributed by atoms with Crippen LogP contribution in [0.3, 0.4) is 0 Å². The molecule has 0 spiro atoms. The fraction of sp³-hybridized carbons (Fsp3) is 0.550. The monoisotopic (exact) mass is 341 g/mol. The highest BCUT2D eigenvalue weighted by Gasteiger charge is 2.30. The van der Waals surface area contributed by atoms with Crippen LogP contribution in [0.25, 0.3) is 11.3 Å². The molecule has 3 heterocycles. The van der Waals surface area contributed by atoms with Gasteiger partial charge < -0.3 is 14.0 Å². The largest absolute Gasteiger partial charge is 0.487 e. The van der Waals surface area contributed by atoms with Gasteiger partial charge in [-0.1, -0.05) is 0 Å². The molecule has 0 aliphatic carbocycles. The van der Waals surface area contributed by atoms with E-state index in [0.717, 1.165) is 45.0 Å². The third kappa shape index (κ3) is 3.44. The van der Waals surface area contributed by atoms with Crippen molar-refractivity contribution in [2.24, 2.45) is 0 Å². The number of benzene rings is 1. The maximum absolute atomic E-state index is 6.00. The Morgan fingerprint density at radius 3 is 2.84 bits per heavy atom. The van der Waals surface area contributed by atoms with E-state index in [-0.39, 0.29) is 5.60 Å². The molecule has 0 unspecified atom stereocenters. The van der Waals surface area contributed by atoms with E-state index in [4.69, 9.17) is 9.47 Å². The van der Waals surface area contributed by atoms with Crippen LogP contribution in [0.15, 0.2) is 30.7 Å². The molecule has 5 nitrogen and oxygen atoms in total. The highest BCUT2D eigenvalue weighted by Crippen LogP contribution is 2.37. The first kappa shape index (κ1) is 16.6. The molecule has 1 atom stereocenters. The molecule has 4 rings (SSSR count). The van der Waals surface area contributed by atoms with Gasteiger partial charge in [0.15, 0.2) is 0 Å². The number of imidazole rings is 1. The maximum Gasteiger partial charge on any atom is 0.123 e. The number of rotatable bonds is 4. The average Bonchev–Trinajstić information content (AvgIpc) is 3.17. The van der Waals surface area contributed by atoms with E-state index in [1.165, 1.54) is 16.8 Å². The molecule has 2 aliphatic rings. The van der Waals surface area contributed by atoms with Crippen molar-refractivity contribution in [3.05, 3.63) is 36.3 Å². The second-order valence-corrected chi connectivity index (χ2v) is 7.81. The van der Waals surface area contributed by atoms with Gasteiger partial charge in [-0.2, -0.15) is 0 Å². The van der Waals surface area contributed by atoms with E-state index >= 15 is 0 Å². The first-order valence-corrected chi connectivity index (χ1v) is 9.16. The van der Waals surface area contributed by atoms with Crippen molar-refractivity contribution < 1.29 is 9.47 Å². The van der Waals surface area contributed by atoms with Crippen LogP contribution in [0.2, 0.25) is 0 Å². The van der Waals surface area contributed by atoms with Gasteiger partial charge >= 0.3 is 0 Å². The Balaban J connectivity index is 1.55. The molecule has 1 aromatic carbocycles. The van der Waals surface area contributed by atoms with Crippen molar-refractivity contribution in [2.75, 3.05) is 32.8 Å². The second-order valence-electron chi connectivity index (χ2n) is 7.81. The summed E-state index contributed by atoms with van der Waals surface area (Å²) in [6.07, 6.45) is 4.88. The summed E-state index contributed by atoms with van der Waals surface area (Å²) in [7, 11) is 0. The van der Waals surface area contributed by atoms with E-state index in [2.05, 4.69) is 53.4 Å². The molecular weight excluding hydrogens is 314 g/mol. The van der Waals surface area contributed by atoms with Crippen LogP contribution in [0.5, 0.6) is 5.75 Å². The maximum atomic E-state index is 6.00. The number of aromatic nitrogens is 2. The van der Waals surface area contributed by atoms with E-state index in [9.17, 15) is 0 Å². The fourth-order valence-electron chi connectivity index (χ4n) is 3.89. The summed E-state index contributed by atoms with van der Waals surface area (Å²) in [6.45, 7) is 11.3. The summed E-state index contributed by atoms with van der Waals surface area (Å²) in [5.74, 6) is 1.01. The van der Waals surface area contributed by atoms with Crippen molar-refractivity contribution in [1.82, 2.24) is 14.5 Å². The number of ether oxygens (including phenoxy) is 2. The molecule has 1 fully saturated rings. The molecule has 2 aliphatic heterocycles. The Bertz CT molecular complexity index is 747. The number of nitrogens with zero attached hydrogens (tertiary/aromatic N) is 3. The topological polar surface area (TPSA) is 39.5 Å². The van der Waals surface area contributed by atoms with Gasteiger partial charge in [-0.3, -0.25) is 4.90 Å². The number of hydrogen-bond acceptors (Lipinski definition) is 4. The van der Waals surface area contributed by atoms with Crippen LogP contribution in [-0.2, 0) is 11.2 Å². The van der Waals surface area contributed by atoms with Gasteiger partial charge in [0.05, 0.1) is 31.4 Å². The summed E-state index contributed by atoms with van der Waals surface area (Å²) >= 11 is 0. The lowest BCUT2D eigenvalue weighted by atomic mass is 9.99. The van der Waals surface area contributed by atoms with E-state index in [1.807, 2.05) is 12.5 Å². The van der Waals surface area contributed by atoms with Crippen LogP contribution < -0.4 is 4.74 Å². The van der Waals surface area contributed by atoms with Crippen molar-refractivity contribution in [3.8, 4) is 17.0 Å². The lowest BCUT2D eigenvalue weighted by Gasteiger charge is -2.30. The Kier molecular flexibility index (Phi) is 4.29. The van der Waals surface area contributed by atoms with E-state index in [1.54, 1.807) is 0 Å². The molecule has 0 saturated carbocycles. The van der Waals surface area contributed by atoms with E-state index < -0.39 is 0 Å². The highest BCUT2D eigenvalue weighted by atomic mass is 16.5. The first-order chi connectivity index (χ1) is 12.0. The summed E-state index contributed by atoms with van der Waals surface area (Å²) < 4.78 is 13.7. The van der Waals surface area contributed by atoms with Crippen molar-refractivity contribution in [1.29, 1.82) is 0 Å². The minimum atomic E-state index is -0.106. The van der Waals surface area contributed by atoms with Gasteiger partial charge in [0, 0.05) is 37.7 Å². The highest BCUT2D eigenvalue weighted by molar-refractivity contribution is 5.63. The SMILES string of the molecule is C[C@H](CN1CCOCC1)n1cncc1-c1ccc2c(c1)CC(C)(C)O2. The quantitative estimate of drug-likeness (QED) is 0.856. The van der Waals surface area contributed by atoms with Crippen LogP contribution in [0.4, 0.5) is 0 Å². The third-order valence-corrected chi connectivity index (χ3v) is 5.13. The normalized spacial score (nSPS) is 20.9. The predicted molar refractivity (Wildman–Crippen MR) is 98.0 cm³/mol. The van der Waals surface area contributed by atoms with Crippen LogP contribution in [0.1, 0.15) is 32.4 Å². The standard InChI is InChI=1S/C20H27N3O2/c1-15(13-22-6-8-24-9-7-22)23-14-21-12-18(23)16-4-5-19-17(10-16)11-20(2,3)25-19/h4-5,10,12,14-15H,6-9,11,13H2,1-3H3/t15-/m1/s1. The minimum Gasteiger partial charge on any atom is -0.487 e. The Labute approximate surface area is 149 Å².